The van der Waals surface area contributed by atoms with Gasteiger partial charge in [0.05, 0.1) is 11.3 Å². The lowest BCUT2D eigenvalue weighted by Gasteiger charge is -2.42. The molecule has 6 nitrogen and oxygen atoms in total. The van der Waals surface area contributed by atoms with Gasteiger partial charge < -0.3 is 5.11 Å². The summed E-state index contributed by atoms with van der Waals surface area (Å²) in [6.45, 7) is 7.38. The van der Waals surface area contributed by atoms with Crippen LogP contribution >= 0.6 is 0 Å². The summed E-state index contributed by atoms with van der Waals surface area (Å²) in [4.78, 5) is 18.3. The van der Waals surface area contributed by atoms with Gasteiger partial charge in [0, 0.05) is 38.5 Å². The van der Waals surface area contributed by atoms with E-state index in [9.17, 15) is 9.90 Å². The van der Waals surface area contributed by atoms with Gasteiger partial charge in [-0.3, -0.25) is 19.3 Å². The molecule has 0 aliphatic carbocycles. The summed E-state index contributed by atoms with van der Waals surface area (Å²) in [6, 6.07) is 10.5. The molecule has 2 aliphatic heterocycles. The second-order valence-electron chi connectivity index (χ2n) is 8.73. The molecule has 1 atom stereocenters. The number of nitrogens with zero attached hydrogens (tertiary/aromatic N) is 4. The van der Waals surface area contributed by atoms with Gasteiger partial charge in [0.25, 0.3) is 5.56 Å². The van der Waals surface area contributed by atoms with E-state index >= 15 is 0 Å². The molecule has 1 aromatic heterocycles. The van der Waals surface area contributed by atoms with Crippen LogP contribution in [0.25, 0.3) is 5.69 Å². The molecule has 0 bridgehead atoms. The monoisotopic (exact) mass is 398 g/mol. The number of aromatic nitrogens is 2. The number of hydrogen-bond donors (Lipinski definition) is 1. The summed E-state index contributed by atoms with van der Waals surface area (Å²) >= 11 is 0. The number of benzene rings is 1. The first-order valence-corrected chi connectivity index (χ1v) is 11.0. The van der Waals surface area contributed by atoms with Crippen LogP contribution < -0.4 is 5.56 Å². The molecule has 1 N–H and O–H groups in total. The van der Waals surface area contributed by atoms with Crippen molar-refractivity contribution >= 4 is 0 Å². The molecular weight excluding hydrogens is 364 g/mol. The highest BCUT2D eigenvalue weighted by atomic mass is 16.3. The quantitative estimate of drug-likeness (QED) is 0.839. The van der Waals surface area contributed by atoms with Gasteiger partial charge in [-0.2, -0.15) is 0 Å². The highest BCUT2D eigenvalue weighted by molar-refractivity contribution is 5.33. The van der Waals surface area contributed by atoms with E-state index in [1.807, 2.05) is 42.1 Å². The number of aliphatic hydroxyl groups is 1. The van der Waals surface area contributed by atoms with Crippen molar-refractivity contribution < 1.29 is 5.11 Å². The average Bonchev–Trinajstić information content (AvgIpc) is 2.98. The van der Waals surface area contributed by atoms with Gasteiger partial charge in [0.2, 0.25) is 0 Å². The van der Waals surface area contributed by atoms with Crippen molar-refractivity contribution in [3.05, 3.63) is 51.9 Å². The van der Waals surface area contributed by atoms with E-state index in [2.05, 4.69) is 16.7 Å². The molecule has 0 spiro atoms. The van der Waals surface area contributed by atoms with Crippen LogP contribution in [-0.2, 0) is 13.6 Å². The van der Waals surface area contributed by atoms with E-state index < -0.39 is 0 Å². The first-order valence-electron chi connectivity index (χ1n) is 11.0. The molecule has 2 fully saturated rings. The standard InChI is InChI=1S/C23H34N4O2/c1-18-22(23(29)27(24(18)2)20-7-4-3-5-8-20)16-25-12-6-9-21(15-25)26-13-10-19(17-28)11-14-26/h3-5,7-8,19,21,28H,6,9-17H2,1-2H3/t21-/m0/s1. The predicted octanol–water partition coefficient (Wildman–Crippen LogP) is 2.15. The second-order valence-corrected chi connectivity index (χ2v) is 8.73. The SMILES string of the molecule is Cc1c(CN2CCC[C@H](N3CCC(CO)CC3)C2)c(=O)n(-c2ccccc2)n1C. The Balaban J connectivity index is 1.47. The van der Waals surface area contributed by atoms with Crippen molar-refractivity contribution in [1.29, 1.82) is 0 Å². The minimum absolute atomic E-state index is 0.0992. The third-order valence-electron chi connectivity index (χ3n) is 6.96. The lowest BCUT2D eigenvalue weighted by Crippen LogP contribution is -2.50. The number of likely N-dealkylation sites (tertiary alicyclic amines) is 2. The normalized spacial score (nSPS) is 22.2. The predicted molar refractivity (Wildman–Crippen MR) is 115 cm³/mol. The van der Waals surface area contributed by atoms with E-state index in [0.717, 1.165) is 62.5 Å². The van der Waals surface area contributed by atoms with Crippen LogP contribution in [0.15, 0.2) is 35.1 Å². The Hall–Kier alpha value is -1.89. The number of hydrogen-bond acceptors (Lipinski definition) is 4. The molecule has 2 saturated heterocycles. The Bertz CT molecular complexity index is 865. The molecule has 3 heterocycles. The summed E-state index contributed by atoms with van der Waals surface area (Å²) < 4.78 is 3.76. The molecule has 0 saturated carbocycles. The largest absolute Gasteiger partial charge is 0.396 e. The summed E-state index contributed by atoms with van der Waals surface area (Å²) in [6.07, 6.45) is 4.63. The van der Waals surface area contributed by atoms with Gasteiger partial charge in [0.1, 0.15) is 0 Å². The highest BCUT2D eigenvalue weighted by Gasteiger charge is 2.29. The molecule has 1 aromatic carbocycles. The van der Waals surface area contributed by atoms with E-state index in [1.165, 1.54) is 12.8 Å². The molecule has 4 rings (SSSR count). The van der Waals surface area contributed by atoms with Gasteiger partial charge in [-0.05, 0) is 70.3 Å². The second kappa shape index (κ2) is 8.86. The minimum Gasteiger partial charge on any atom is -0.396 e. The maximum atomic E-state index is 13.2. The molecule has 29 heavy (non-hydrogen) atoms. The third-order valence-corrected chi connectivity index (χ3v) is 6.96. The molecule has 158 valence electrons. The Morgan fingerprint density at radius 1 is 1.07 bits per heavy atom. The van der Waals surface area contributed by atoms with Crippen molar-refractivity contribution in [1.82, 2.24) is 19.2 Å². The summed E-state index contributed by atoms with van der Waals surface area (Å²) in [5, 5.41) is 9.39. The summed E-state index contributed by atoms with van der Waals surface area (Å²) in [5.74, 6) is 0.481. The topological polar surface area (TPSA) is 53.6 Å². The highest BCUT2D eigenvalue weighted by Crippen LogP contribution is 2.24. The zero-order chi connectivity index (χ0) is 20.4. The van der Waals surface area contributed by atoms with Crippen LogP contribution in [0.3, 0.4) is 0 Å². The average molecular weight is 399 g/mol. The van der Waals surface area contributed by atoms with Crippen LogP contribution in [0.2, 0.25) is 0 Å². The van der Waals surface area contributed by atoms with Crippen molar-refractivity contribution in [2.24, 2.45) is 13.0 Å². The Kier molecular flexibility index (Phi) is 6.23. The Labute approximate surface area is 173 Å². The number of para-hydroxylation sites is 1. The van der Waals surface area contributed by atoms with E-state index in [4.69, 9.17) is 0 Å². The molecule has 2 aromatic rings. The molecule has 0 amide bonds. The van der Waals surface area contributed by atoms with Crippen LogP contribution in [0.4, 0.5) is 0 Å². The summed E-state index contributed by atoms with van der Waals surface area (Å²) in [5.41, 5.74) is 2.97. The number of aliphatic hydroxyl groups excluding tert-OH is 1. The van der Waals surface area contributed by atoms with Crippen LogP contribution in [-0.4, -0.2) is 63.1 Å². The van der Waals surface area contributed by atoms with E-state index in [0.29, 0.717) is 18.6 Å². The van der Waals surface area contributed by atoms with Crippen LogP contribution in [0, 0.1) is 12.8 Å². The van der Waals surface area contributed by atoms with Crippen molar-refractivity contribution in [3.8, 4) is 5.69 Å². The third kappa shape index (κ3) is 4.20. The zero-order valence-electron chi connectivity index (χ0n) is 17.8. The molecule has 0 radical (unpaired) electrons. The molecular formula is C23H34N4O2. The van der Waals surface area contributed by atoms with Gasteiger partial charge >= 0.3 is 0 Å². The van der Waals surface area contributed by atoms with Crippen molar-refractivity contribution in [3.63, 3.8) is 0 Å². The zero-order valence-corrected chi connectivity index (χ0v) is 17.8. The lowest BCUT2D eigenvalue weighted by molar-refractivity contribution is 0.0542. The van der Waals surface area contributed by atoms with Crippen LogP contribution in [0.1, 0.15) is 36.9 Å². The van der Waals surface area contributed by atoms with E-state index in [1.54, 1.807) is 4.68 Å². The summed E-state index contributed by atoms with van der Waals surface area (Å²) in [7, 11) is 1.97. The number of rotatable bonds is 5. The maximum Gasteiger partial charge on any atom is 0.276 e. The fourth-order valence-corrected chi connectivity index (χ4v) is 5.00. The molecule has 2 aliphatic rings. The number of piperidine rings is 2. The van der Waals surface area contributed by atoms with E-state index in [-0.39, 0.29) is 5.56 Å². The Morgan fingerprint density at radius 2 is 1.79 bits per heavy atom. The lowest BCUT2D eigenvalue weighted by atomic mass is 9.94. The molecule has 6 heteroatoms. The van der Waals surface area contributed by atoms with Crippen LogP contribution in [0.5, 0.6) is 0 Å². The van der Waals surface area contributed by atoms with Gasteiger partial charge in [-0.1, -0.05) is 18.2 Å². The fourth-order valence-electron chi connectivity index (χ4n) is 5.00. The maximum absolute atomic E-state index is 13.2. The van der Waals surface area contributed by atoms with Gasteiger partial charge in [-0.25, -0.2) is 4.68 Å². The van der Waals surface area contributed by atoms with Gasteiger partial charge in [0.15, 0.2) is 0 Å². The minimum atomic E-state index is 0.0992. The fraction of sp³-hybridized carbons (Fsp3) is 0.609. The van der Waals surface area contributed by atoms with Crippen molar-refractivity contribution in [2.75, 3.05) is 32.8 Å². The molecule has 0 unspecified atom stereocenters. The smallest absolute Gasteiger partial charge is 0.276 e. The first-order chi connectivity index (χ1) is 14.1. The first kappa shape index (κ1) is 20.4. The Morgan fingerprint density at radius 3 is 2.48 bits per heavy atom. The van der Waals surface area contributed by atoms with Crippen molar-refractivity contribution in [2.45, 2.75) is 45.2 Å². The van der Waals surface area contributed by atoms with Gasteiger partial charge in [-0.15, -0.1) is 0 Å².